The summed E-state index contributed by atoms with van der Waals surface area (Å²) in [6.07, 6.45) is 0.433. The van der Waals surface area contributed by atoms with E-state index in [4.69, 9.17) is 0 Å². The van der Waals surface area contributed by atoms with Gasteiger partial charge >= 0.3 is 18.9 Å². The summed E-state index contributed by atoms with van der Waals surface area (Å²) in [6.45, 7) is 7.35. The number of sulfonamides is 1. The first-order valence-electron chi connectivity index (χ1n) is 4.57. The van der Waals surface area contributed by atoms with E-state index >= 15 is 0 Å². The fraction of sp³-hybridized carbons (Fsp3) is 0.273. The van der Waals surface area contributed by atoms with Gasteiger partial charge in [-0.25, -0.2) is 12.7 Å². The number of nitrogens with zero attached hydrogens (tertiary/aromatic N) is 1. The fourth-order valence-corrected chi connectivity index (χ4v) is 2.35. The molecule has 0 saturated carbocycles. The third-order valence-corrected chi connectivity index (χ3v) is 4.05. The molecule has 1 aromatic carbocycles. The van der Waals surface area contributed by atoms with Crippen molar-refractivity contribution in [2.45, 2.75) is 17.4 Å². The molecule has 0 amide bonds. The molecular formula is C11H14LiNO2SY-2. The van der Waals surface area contributed by atoms with E-state index in [2.05, 4.69) is 19.9 Å². The van der Waals surface area contributed by atoms with Crippen LogP contribution in [-0.4, -0.2) is 25.8 Å². The Morgan fingerprint density at radius 2 is 2.06 bits per heavy atom. The molecule has 0 fully saturated rings. The first kappa shape index (κ1) is 20.2. The van der Waals surface area contributed by atoms with Crippen molar-refractivity contribution in [2.24, 2.45) is 0 Å². The minimum Gasteiger partial charge on any atom is -0.344 e. The van der Waals surface area contributed by atoms with Crippen LogP contribution >= 0.6 is 0 Å². The largest absolute Gasteiger partial charge is 1.00 e. The van der Waals surface area contributed by atoms with Gasteiger partial charge in [-0.05, 0) is 11.9 Å². The molecule has 0 N–H and O–H groups in total. The molecule has 1 radical (unpaired) electrons. The molecular weight excluding hydrogens is 306 g/mol. The van der Waals surface area contributed by atoms with E-state index in [1.807, 2.05) is 0 Å². The third-order valence-electron chi connectivity index (χ3n) is 2.19. The Hall–Kier alpha value is 0.831. The maximum Gasteiger partial charge on any atom is 1.00 e. The molecule has 1 rings (SSSR count). The van der Waals surface area contributed by atoms with Crippen molar-refractivity contribution in [3.05, 3.63) is 44.2 Å². The van der Waals surface area contributed by atoms with Gasteiger partial charge in [-0.1, -0.05) is 0 Å². The zero-order valence-corrected chi connectivity index (χ0v) is 13.9. The van der Waals surface area contributed by atoms with E-state index in [1.165, 1.54) is 17.4 Å². The molecule has 0 bridgehead atoms. The van der Waals surface area contributed by atoms with Gasteiger partial charge in [0.2, 0.25) is 10.0 Å². The maximum absolute atomic E-state index is 12.0. The summed E-state index contributed by atoms with van der Waals surface area (Å²) in [7, 11) is -1.98. The number of hydrogen-bond acceptors (Lipinski definition) is 2. The fourth-order valence-electron chi connectivity index (χ4n) is 1.07. The minimum absolute atomic E-state index is 0. The van der Waals surface area contributed by atoms with Gasteiger partial charge in [-0.15, -0.1) is 6.04 Å². The topological polar surface area (TPSA) is 37.4 Å². The van der Waals surface area contributed by atoms with E-state index in [-0.39, 0.29) is 62.5 Å². The van der Waals surface area contributed by atoms with Crippen LogP contribution in [0.3, 0.4) is 0 Å². The smallest absolute Gasteiger partial charge is 0.344 e. The Labute approximate surface area is 141 Å². The van der Waals surface area contributed by atoms with E-state index < -0.39 is 10.0 Å². The van der Waals surface area contributed by atoms with Crippen molar-refractivity contribution in [3.8, 4) is 0 Å². The maximum atomic E-state index is 12.0. The molecule has 1 atom stereocenters. The monoisotopic (exact) mass is 320 g/mol. The molecule has 0 heterocycles. The van der Waals surface area contributed by atoms with Crippen molar-refractivity contribution in [1.29, 1.82) is 0 Å². The Morgan fingerprint density at radius 1 is 1.47 bits per heavy atom. The third kappa shape index (κ3) is 5.14. The van der Waals surface area contributed by atoms with Gasteiger partial charge in [0.25, 0.3) is 0 Å². The van der Waals surface area contributed by atoms with Crippen LogP contribution in [0.1, 0.15) is 6.42 Å². The van der Waals surface area contributed by atoms with E-state index in [0.29, 0.717) is 6.42 Å². The molecule has 0 saturated heterocycles. The van der Waals surface area contributed by atoms with E-state index in [1.54, 1.807) is 18.2 Å². The van der Waals surface area contributed by atoms with Crippen molar-refractivity contribution in [3.63, 3.8) is 0 Å². The number of hydrogen-bond donors (Lipinski definition) is 0. The zero-order valence-electron chi connectivity index (χ0n) is 10.3. The molecule has 0 spiro atoms. The molecule has 6 heteroatoms. The van der Waals surface area contributed by atoms with Crippen LogP contribution in [0.4, 0.5) is 0 Å². The second-order valence-electron chi connectivity index (χ2n) is 3.19. The van der Waals surface area contributed by atoms with Gasteiger partial charge in [0.05, 0.1) is 0 Å². The summed E-state index contributed by atoms with van der Waals surface area (Å²) in [5, 5.41) is 0. The Bertz CT molecular complexity index is 411. The molecule has 87 valence electrons. The number of rotatable bonds is 4. The first-order valence-corrected chi connectivity index (χ1v) is 6.01. The summed E-state index contributed by atoms with van der Waals surface area (Å²) in [4.78, 5) is 0.162. The van der Waals surface area contributed by atoms with Crippen molar-refractivity contribution >= 4 is 10.0 Å². The van der Waals surface area contributed by atoms with Crippen LogP contribution in [0.25, 0.3) is 0 Å². The quantitative estimate of drug-likeness (QED) is 0.502. The van der Waals surface area contributed by atoms with Gasteiger partial charge in [-0.3, -0.25) is 0 Å². The Balaban J connectivity index is 0. The molecule has 1 unspecified atom stereocenters. The minimum atomic E-state index is -3.48. The predicted octanol–water partition coefficient (Wildman–Crippen LogP) is -1.46. The molecule has 0 aliphatic heterocycles. The van der Waals surface area contributed by atoms with Crippen LogP contribution in [0.5, 0.6) is 0 Å². The van der Waals surface area contributed by atoms with Gasteiger partial charge in [0.1, 0.15) is 0 Å². The Kier molecular flexibility index (Phi) is 10.5. The molecule has 17 heavy (non-hydrogen) atoms. The van der Waals surface area contributed by atoms with Gasteiger partial charge in [0.15, 0.2) is 0 Å². The normalized spacial score (nSPS) is 12.5. The van der Waals surface area contributed by atoms with Crippen LogP contribution in [-0.2, 0) is 42.7 Å². The summed E-state index contributed by atoms with van der Waals surface area (Å²) < 4.78 is 25.1. The van der Waals surface area contributed by atoms with Gasteiger partial charge < -0.3 is 13.8 Å². The summed E-state index contributed by atoms with van der Waals surface area (Å²) in [6, 6.07) is 8.81. The summed E-state index contributed by atoms with van der Waals surface area (Å²) in [5.41, 5.74) is 0. The molecule has 0 aliphatic rings. The number of benzene rings is 1. The van der Waals surface area contributed by atoms with E-state index in [9.17, 15) is 8.42 Å². The van der Waals surface area contributed by atoms with Crippen molar-refractivity contribution in [1.82, 2.24) is 4.31 Å². The van der Waals surface area contributed by atoms with E-state index in [0.717, 1.165) is 0 Å². The molecule has 3 nitrogen and oxygen atoms in total. The average molecular weight is 320 g/mol. The Morgan fingerprint density at radius 3 is 2.47 bits per heavy atom. The molecule has 1 aromatic rings. The molecule has 0 aliphatic carbocycles. The van der Waals surface area contributed by atoms with Crippen LogP contribution in [0.15, 0.2) is 29.2 Å². The average Bonchev–Trinajstić information content (AvgIpc) is 2.28. The second kappa shape index (κ2) is 8.85. The first-order chi connectivity index (χ1) is 7.00. The van der Waals surface area contributed by atoms with Gasteiger partial charge in [0, 0.05) is 32.7 Å². The van der Waals surface area contributed by atoms with Crippen LogP contribution < -0.4 is 18.9 Å². The zero-order chi connectivity index (χ0) is 11.5. The summed E-state index contributed by atoms with van der Waals surface area (Å²) in [5.74, 6) is 0. The summed E-state index contributed by atoms with van der Waals surface area (Å²) >= 11 is 0. The standard InChI is InChI=1S/C11H14NO2S.Li.Y/c1-4-10(2)12(3)15(13,14)11-8-6-5-7-9-11;;/h5-8,10H,1-2,4H2,3H3;;/q-3;+1;. The van der Waals surface area contributed by atoms with Crippen LogP contribution in [0.2, 0.25) is 0 Å². The van der Waals surface area contributed by atoms with Gasteiger partial charge in [-0.2, -0.15) is 36.8 Å². The SMILES string of the molecule is [CH2-]CC([CH2-])N(C)S(=O)(=O)c1[c-]cccc1.[Li+].[Y]. The second-order valence-corrected chi connectivity index (χ2v) is 5.16. The van der Waals surface area contributed by atoms with Crippen molar-refractivity contribution < 1.29 is 60.0 Å². The van der Waals surface area contributed by atoms with Crippen molar-refractivity contribution in [2.75, 3.05) is 7.05 Å². The predicted molar refractivity (Wildman–Crippen MR) is 59.3 cm³/mol. The van der Waals surface area contributed by atoms with Crippen LogP contribution in [0, 0.1) is 19.9 Å². The molecule has 0 aromatic heterocycles.